The van der Waals surface area contributed by atoms with Crippen LogP contribution in [-0.2, 0) is 14.6 Å². The molecule has 0 saturated carbocycles. The highest BCUT2D eigenvalue weighted by Gasteiger charge is 2.34. The molecule has 0 spiro atoms. The number of alkyl halides is 1. The average Bonchev–Trinajstić information content (AvgIpc) is 2.77. The number of hydrogen-bond acceptors (Lipinski definition) is 3. The Labute approximate surface area is 212 Å². The van der Waals surface area contributed by atoms with Crippen LogP contribution in [0.2, 0.25) is 0 Å². The lowest BCUT2D eigenvalue weighted by molar-refractivity contribution is -0.0805. The molecule has 1 N–H and O–H groups in total. The van der Waals surface area contributed by atoms with Gasteiger partial charge in [-0.05, 0) is 12.8 Å². The predicted octanol–water partition coefficient (Wildman–Crippen LogP) is 10.3. The predicted molar refractivity (Wildman–Crippen MR) is 143 cm³/mol. The Kier molecular flexibility index (Phi) is 23.1. The molecule has 0 saturated heterocycles. The van der Waals surface area contributed by atoms with Gasteiger partial charge in [0.1, 0.15) is 0 Å². The molecule has 0 aromatic heterocycles. The molecule has 1 unspecified atom stereocenters. The van der Waals surface area contributed by atoms with Crippen molar-refractivity contribution in [2.24, 2.45) is 0 Å². The van der Waals surface area contributed by atoms with E-state index in [1.165, 1.54) is 96.3 Å². The first-order valence-corrected chi connectivity index (χ1v) is 16.1. The van der Waals surface area contributed by atoms with Gasteiger partial charge in [0.05, 0.1) is 0 Å². The minimum Gasteiger partial charge on any atom is -0.263 e. The number of halogens is 1. The molecule has 206 valence electrons. The summed E-state index contributed by atoms with van der Waals surface area (Å²) in [6.45, 7) is 4.45. The fraction of sp³-hybridized carbons (Fsp3) is 1.00. The first-order valence-electron chi connectivity index (χ1n) is 14.7. The van der Waals surface area contributed by atoms with E-state index in [-0.39, 0.29) is 12.8 Å². The number of hydrogen-bond donors (Lipinski definition) is 1. The summed E-state index contributed by atoms with van der Waals surface area (Å²) in [4.78, 5) is 0. The Morgan fingerprint density at radius 3 is 1.00 bits per heavy atom. The summed E-state index contributed by atoms with van der Waals surface area (Å²) in [5, 5.41) is 0. The second-order valence-corrected chi connectivity index (χ2v) is 11.3. The Morgan fingerprint density at radius 1 is 0.529 bits per heavy atom. The largest absolute Gasteiger partial charge is 0.400 e. The van der Waals surface area contributed by atoms with Crippen molar-refractivity contribution in [2.75, 3.05) is 0 Å². The number of rotatable bonds is 27. The molecule has 0 fully saturated rings. The Hall–Kier alpha value is -0.200. The molecule has 6 heteroatoms. The molecule has 0 rings (SSSR count). The van der Waals surface area contributed by atoms with Crippen LogP contribution in [-0.4, -0.2) is 18.8 Å². The van der Waals surface area contributed by atoms with Crippen molar-refractivity contribution in [3.05, 3.63) is 0 Å². The van der Waals surface area contributed by atoms with Crippen LogP contribution in [0, 0.1) is 0 Å². The molecular formula is C28H57FO4S. The molecule has 0 heterocycles. The summed E-state index contributed by atoms with van der Waals surface area (Å²) in [7, 11) is -4.79. The summed E-state index contributed by atoms with van der Waals surface area (Å²) in [6.07, 6.45) is 26.9. The van der Waals surface area contributed by atoms with Gasteiger partial charge >= 0.3 is 10.4 Å². The summed E-state index contributed by atoms with van der Waals surface area (Å²) in [5.74, 6) is -2.27. The van der Waals surface area contributed by atoms with Gasteiger partial charge in [0.2, 0.25) is 5.85 Å². The van der Waals surface area contributed by atoms with Crippen LogP contribution in [0.15, 0.2) is 0 Å². The van der Waals surface area contributed by atoms with Crippen molar-refractivity contribution in [3.63, 3.8) is 0 Å². The van der Waals surface area contributed by atoms with E-state index in [0.717, 1.165) is 38.5 Å². The van der Waals surface area contributed by atoms with Crippen molar-refractivity contribution < 1.29 is 21.5 Å². The van der Waals surface area contributed by atoms with E-state index < -0.39 is 16.3 Å². The molecule has 0 aliphatic heterocycles. The highest BCUT2D eigenvalue weighted by molar-refractivity contribution is 7.80. The fourth-order valence-corrected chi connectivity index (χ4v) is 5.22. The van der Waals surface area contributed by atoms with Gasteiger partial charge in [0, 0.05) is 12.8 Å². The number of unbranched alkanes of at least 4 members (excludes halogenated alkanes) is 21. The van der Waals surface area contributed by atoms with Crippen molar-refractivity contribution >= 4 is 10.4 Å². The average molecular weight is 509 g/mol. The fourth-order valence-electron chi connectivity index (χ4n) is 4.68. The molecule has 0 aliphatic rings. The standard InChI is InChI=1S/C28H57FO4S/c1-3-5-7-9-11-13-14-15-16-17-19-21-23-25-27-28(29,33-34(30,31)32)26-24-22-20-18-12-10-8-6-4-2/h3-27H2,1-2H3,(H,30,31,32). The first kappa shape index (κ1) is 33.8. The summed E-state index contributed by atoms with van der Waals surface area (Å²) in [6, 6.07) is 0. The molecule has 0 aromatic carbocycles. The highest BCUT2D eigenvalue weighted by Crippen LogP contribution is 2.30. The van der Waals surface area contributed by atoms with Gasteiger partial charge in [0.15, 0.2) is 0 Å². The monoisotopic (exact) mass is 508 g/mol. The van der Waals surface area contributed by atoms with E-state index >= 15 is 4.39 Å². The van der Waals surface area contributed by atoms with Crippen molar-refractivity contribution in [1.82, 2.24) is 0 Å². The van der Waals surface area contributed by atoms with Crippen molar-refractivity contribution in [2.45, 2.75) is 180 Å². The minimum atomic E-state index is -4.79. The lowest BCUT2D eigenvalue weighted by Crippen LogP contribution is -2.30. The van der Waals surface area contributed by atoms with Crippen LogP contribution in [0.25, 0.3) is 0 Å². The van der Waals surface area contributed by atoms with E-state index in [1.807, 2.05) is 0 Å². The first-order chi connectivity index (χ1) is 16.3. The van der Waals surface area contributed by atoms with E-state index in [2.05, 4.69) is 18.0 Å². The van der Waals surface area contributed by atoms with Crippen molar-refractivity contribution in [3.8, 4) is 0 Å². The second kappa shape index (κ2) is 23.2. The topological polar surface area (TPSA) is 63.6 Å². The van der Waals surface area contributed by atoms with Crippen LogP contribution in [0.3, 0.4) is 0 Å². The lowest BCUT2D eigenvalue weighted by Gasteiger charge is -2.23. The molecule has 34 heavy (non-hydrogen) atoms. The van der Waals surface area contributed by atoms with Crippen LogP contribution < -0.4 is 0 Å². The van der Waals surface area contributed by atoms with Gasteiger partial charge in [-0.3, -0.25) is 4.55 Å². The Balaban J connectivity index is 3.82. The van der Waals surface area contributed by atoms with E-state index in [4.69, 9.17) is 4.55 Å². The molecule has 0 radical (unpaired) electrons. The maximum absolute atomic E-state index is 15.1. The second-order valence-electron chi connectivity index (χ2n) is 10.3. The molecule has 0 aliphatic carbocycles. The summed E-state index contributed by atoms with van der Waals surface area (Å²) >= 11 is 0. The van der Waals surface area contributed by atoms with E-state index in [9.17, 15) is 8.42 Å². The van der Waals surface area contributed by atoms with E-state index in [1.54, 1.807) is 0 Å². The van der Waals surface area contributed by atoms with Gasteiger partial charge in [0.25, 0.3) is 0 Å². The molecule has 0 bridgehead atoms. The highest BCUT2D eigenvalue weighted by atomic mass is 32.3. The molecule has 0 amide bonds. The zero-order chi connectivity index (χ0) is 25.4. The van der Waals surface area contributed by atoms with Gasteiger partial charge in [-0.15, -0.1) is 0 Å². The Morgan fingerprint density at radius 2 is 0.765 bits per heavy atom. The SMILES string of the molecule is CCCCCCCCCCCCCCCCC(F)(CCCCCCCCCCC)OS(=O)(=O)O. The van der Waals surface area contributed by atoms with Crippen LogP contribution in [0.1, 0.15) is 174 Å². The summed E-state index contributed by atoms with van der Waals surface area (Å²) in [5.41, 5.74) is 0. The maximum Gasteiger partial charge on any atom is 0.400 e. The maximum atomic E-state index is 15.1. The summed E-state index contributed by atoms with van der Waals surface area (Å²) < 4.78 is 50.9. The third-order valence-electron chi connectivity index (χ3n) is 6.81. The third kappa shape index (κ3) is 24.9. The molecular weight excluding hydrogens is 451 g/mol. The zero-order valence-electron chi connectivity index (χ0n) is 22.6. The molecule has 1 atom stereocenters. The zero-order valence-corrected chi connectivity index (χ0v) is 23.5. The van der Waals surface area contributed by atoms with Gasteiger partial charge in [-0.2, -0.15) is 8.42 Å². The smallest absolute Gasteiger partial charge is 0.263 e. The van der Waals surface area contributed by atoms with Gasteiger partial charge in [-0.1, -0.05) is 149 Å². The van der Waals surface area contributed by atoms with Crippen molar-refractivity contribution in [1.29, 1.82) is 0 Å². The van der Waals surface area contributed by atoms with Gasteiger partial charge < -0.3 is 0 Å². The Bertz CT molecular complexity index is 526. The third-order valence-corrected chi connectivity index (χ3v) is 7.32. The minimum absolute atomic E-state index is 0.0288. The quantitative estimate of drug-likeness (QED) is 0.0885. The van der Waals surface area contributed by atoms with E-state index in [0.29, 0.717) is 12.8 Å². The molecule has 4 nitrogen and oxygen atoms in total. The van der Waals surface area contributed by atoms with Gasteiger partial charge in [-0.25, -0.2) is 8.57 Å². The van der Waals surface area contributed by atoms with Crippen LogP contribution in [0.4, 0.5) is 4.39 Å². The van der Waals surface area contributed by atoms with Crippen LogP contribution >= 0.6 is 0 Å². The molecule has 0 aromatic rings. The normalized spacial score (nSPS) is 13.9. The lowest BCUT2D eigenvalue weighted by atomic mass is 9.99. The van der Waals surface area contributed by atoms with Crippen LogP contribution in [0.5, 0.6) is 0 Å².